The van der Waals surface area contributed by atoms with E-state index in [1.54, 1.807) is 0 Å². The number of benzene rings is 1. The topological polar surface area (TPSA) is 51.6 Å². The van der Waals surface area contributed by atoms with Gasteiger partial charge in [-0.05, 0) is 42.5 Å². The van der Waals surface area contributed by atoms with Gasteiger partial charge in [-0.3, -0.25) is 0 Å². The quantitative estimate of drug-likeness (QED) is 0.818. The number of piperidine rings is 1. The molecule has 0 spiro atoms. The van der Waals surface area contributed by atoms with Gasteiger partial charge in [-0.25, -0.2) is 0 Å². The minimum atomic E-state index is 0.502. The van der Waals surface area contributed by atoms with E-state index in [1.165, 1.54) is 22.0 Å². The second kappa shape index (κ2) is 4.11. The number of aromatic amines is 1. The number of fused-ring (bicyclic) bond motifs is 2. The van der Waals surface area contributed by atoms with Gasteiger partial charge >= 0.3 is 0 Å². The molecule has 2 aliphatic rings. The highest BCUT2D eigenvalue weighted by Gasteiger charge is 2.35. The highest BCUT2D eigenvalue weighted by atomic mass is 14.9. The molecule has 2 unspecified atom stereocenters. The van der Waals surface area contributed by atoms with Crippen molar-refractivity contribution >= 4 is 10.9 Å². The Labute approximate surface area is 112 Å². The number of nitrogens with zero attached hydrogens (tertiary/aromatic N) is 1. The third-order valence-electron chi connectivity index (χ3n) is 4.78. The lowest BCUT2D eigenvalue weighted by atomic mass is 9.73. The van der Waals surface area contributed by atoms with E-state index in [2.05, 4.69) is 40.8 Å². The third-order valence-corrected chi connectivity index (χ3v) is 4.78. The van der Waals surface area contributed by atoms with Crippen LogP contribution in [0.5, 0.6) is 0 Å². The number of nitrogens with one attached hydrogen (secondary N) is 2. The number of H-pyrrole nitrogens is 1. The molecule has 1 aromatic carbocycles. The predicted octanol–water partition coefficient (Wildman–Crippen LogP) is 2.70. The van der Waals surface area contributed by atoms with Crippen molar-refractivity contribution in [1.82, 2.24) is 10.3 Å². The Hall–Kier alpha value is -1.79. The van der Waals surface area contributed by atoms with Crippen LogP contribution >= 0.6 is 0 Å². The van der Waals surface area contributed by atoms with Gasteiger partial charge in [0.05, 0.1) is 6.07 Å². The standard InChI is InChI=1S/C16H17N3/c17-5-4-10-6-13-12-2-1-3-14-16(12)11(9-19-14)7-15(13)18-8-10/h1-3,9-10,13,15,18-19H,4,6-8H2/t10?,13?,15-/m1/s1. The second-order valence-corrected chi connectivity index (χ2v) is 5.87. The van der Waals surface area contributed by atoms with Crippen LogP contribution in [0.15, 0.2) is 24.4 Å². The molecule has 0 amide bonds. The SMILES string of the molecule is N#CCC1CN[C@@H]2Cc3c[nH]c4cccc(c34)C2C1. The molecular formula is C16H17N3. The van der Waals surface area contributed by atoms with Crippen molar-refractivity contribution < 1.29 is 0 Å². The Bertz CT molecular complexity index is 664. The molecular weight excluding hydrogens is 234 g/mol. The minimum absolute atomic E-state index is 0.502. The maximum absolute atomic E-state index is 8.91. The van der Waals surface area contributed by atoms with Crippen LogP contribution in [0.25, 0.3) is 10.9 Å². The van der Waals surface area contributed by atoms with Crippen LogP contribution in [0, 0.1) is 17.2 Å². The molecule has 0 bridgehead atoms. The highest BCUT2D eigenvalue weighted by Crippen LogP contribution is 2.42. The Morgan fingerprint density at radius 3 is 3.21 bits per heavy atom. The summed E-state index contributed by atoms with van der Waals surface area (Å²) in [6.07, 6.45) is 5.09. The molecule has 0 radical (unpaired) electrons. The van der Waals surface area contributed by atoms with Gasteiger partial charge in [-0.1, -0.05) is 12.1 Å². The van der Waals surface area contributed by atoms with Gasteiger partial charge in [-0.2, -0.15) is 5.26 Å². The first-order chi connectivity index (χ1) is 9.36. The first kappa shape index (κ1) is 11.1. The summed E-state index contributed by atoms with van der Waals surface area (Å²) >= 11 is 0. The first-order valence-corrected chi connectivity index (χ1v) is 7.06. The van der Waals surface area contributed by atoms with E-state index in [1.807, 2.05) is 0 Å². The fourth-order valence-electron chi connectivity index (χ4n) is 3.90. The van der Waals surface area contributed by atoms with Crippen LogP contribution in [0.2, 0.25) is 0 Å². The Kier molecular flexibility index (Phi) is 2.39. The van der Waals surface area contributed by atoms with E-state index < -0.39 is 0 Å². The summed E-state index contributed by atoms with van der Waals surface area (Å²) in [5.41, 5.74) is 4.17. The van der Waals surface area contributed by atoms with Crippen molar-refractivity contribution in [3.63, 3.8) is 0 Å². The molecule has 1 aliphatic carbocycles. The lowest BCUT2D eigenvalue weighted by Crippen LogP contribution is -2.46. The summed E-state index contributed by atoms with van der Waals surface area (Å²) < 4.78 is 0. The van der Waals surface area contributed by atoms with Crippen molar-refractivity contribution in [1.29, 1.82) is 5.26 Å². The average molecular weight is 251 g/mol. The number of hydrogen-bond acceptors (Lipinski definition) is 2. The van der Waals surface area contributed by atoms with Gasteiger partial charge in [0.1, 0.15) is 0 Å². The van der Waals surface area contributed by atoms with E-state index in [0.717, 1.165) is 19.4 Å². The molecule has 0 saturated carbocycles. The average Bonchev–Trinajstić information content (AvgIpc) is 2.85. The lowest BCUT2D eigenvalue weighted by Gasteiger charge is -2.39. The number of rotatable bonds is 1. The van der Waals surface area contributed by atoms with Gasteiger partial charge in [0, 0.05) is 35.5 Å². The zero-order chi connectivity index (χ0) is 12.8. The first-order valence-electron chi connectivity index (χ1n) is 7.06. The van der Waals surface area contributed by atoms with Crippen LogP contribution < -0.4 is 5.32 Å². The van der Waals surface area contributed by atoms with Gasteiger partial charge < -0.3 is 10.3 Å². The molecule has 4 rings (SSSR count). The normalized spacial score (nSPS) is 28.9. The van der Waals surface area contributed by atoms with Crippen LogP contribution in [-0.2, 0) is 6.42 Å². The van der Waals surface area contributed by atoms with Crippen LogP contribution in [0.4, 0.5) is 0 Å². The Morgan fingerprint density at radius 2 is 2.32 bits per heavy atom. The summed E-state index contributed by atoms with van der Waals surface area (Å²) in [6.45, 7) is 0.991. The molecule has 2 N–H and O–H groups in total. The molecule has 1 aromatic heterocycles. The van der Waals surface area contributed by atoms with Crippen molar-refractivity contribution in [3.8, 4) is 6.07 Å². The predicted molar refractivity (Wildman–Crippen MR) is 74.9 cm³/mol. The Morgan fingerprint density at radius 1 is 1.37 bits per heavy atom. The van der Waals surface area contributed by atoms with Crippen molar-refractivity contribution in [3.05, 3.63) is 35.5 Å². The van der Waals surface area contributed by atoms with Crippen LogP contribution in [0.1, 0.15) is 29.9 Å². The van der Waals surface area contributed by atoms with E-state index in [9.17, 15) is 0 Å². The molecule has 19 heavy (non-hydrogen) atoms. The van der Waals surface area contributed by atoms with E-state index in [4.69, 9.17) is 5.26 Å². The fraction of sp³-hybridized carbons (Fsp3) is 0.438. The monoisotopic (exact) mass is 251 g/mol. The number of nitriles is 1. The van der Waals surface area contributed by atoms with Gasteiger partial charge in [-0.15, -0.1) is 0 Å². The summed E-state index contributed by atoms with van der Waals surface area (Å²) in [5.74, 6) is 1.07. The fourth-order valence-corrected chi connectivity index (χ4v) is 3.90. The third kappa shape index (κ3) is 1.60. The molecule has 3 atom stereocenters. The number of hydrogen-bond donors (Lipinski definition) is 2. The summed E-state index contributed by atoms with van der Waals surface area (Å²) in [7, 11) is 0. The number of aromatic nitrogens is 1. The zero-order valence-electron chi connectivity index (χ0n) is 10.8. The molecule has 1 aliphatic heterocycles. The Balaban J connectivity index is 1.79. The molecule has 1 fully saturated rings. The second-order valence-electron chi connectivity index (χ2n) is 5.87. The smallest absolute Gasteiger partial charge is 0.0625 e. The summed E-state index contributed by atoms with van der Waals surface area (Å²) in [5, 5.41) is 14.0. The molecule has 3 nitrogen and oxygen atoms in total. The van der Waals surface area contributed by atoms with Crippen LogP contribution in [-0.4, -0.2) is 17.6 Å². The van der Waals surface area contributed by atoms with E-state index >= 15 is 0 Å². The lowest BCUT2D eigenvalue weighted by molar-refractivity contribution is 0.271. The van der Waals surface area contributed by atoms with Gasteiger partial charge in [0.25, 0.3) is 0 Å². The van der Waals surface area contributed by atoms with Crippen LogP contribution in [0.3, 0.4) is 0 Å². The largest absolute Gasteiger partial charge is 0.361 e. The van der Waals surface area contributed by atoms with Gasteiger partial charge in [0.2, 0.25) is 0 Å². The van der Waals surface area contributed by atoms with Crippen molar-refractivity contribution in [2.45, 2.75) is 31.2 Å². The molecule has 96 valence electrons. The van der Waals surface area contributed by atoms with E-state index in [0.29, 0.717) is 24.3 Å². The molecule has 1 saturated heterocycles. The maximum Gasteiger partial charge on any atom is 0.0625 e. The highest BCUT2D eigenvalue weighted by molar-refractivity contribution is 5.88. The molecule has 2 heterocycles. The molecule has 2 aromatic rings. The minimum Gasteiger partial charge on any atom is -0.361 e. The van der Waals surface area contributed by atoms with Crippen molar-refractivity contribution in [2.24, 2.45) is 5.92 Å². The maximum atomic E-state index is 8.91. The van der Waals surface area contributed by atoms with Crippen molar-refractivity contribution in [2.75, 3.05) is 6.54 Å². The summed E-state index contributed by atoms with van der Waals surface area (Å²) in [4.78, 5) is 3.39. The summed E-state index contributed by atoms with van der Waals surface area (Å²) in [6, 6.07) is 9.45. The van der Waals surface area contributed by atoms with E-state index in [-0.39, 0.29) is 0 Å². The zero-order valence-corrected chi connectivity index (χ0v) is 10.8. The molecule has 3 heteroatoms. The van der Waals surface area contributed by atoms with Gasteiger partial charge in [0.15, 0.2) is 0 Å².